The second kappa shape index (κ2) is 14.2. The highest BCUT2D eigenvalue weighted by molar-refractivity contribution is 7.12. The van der Waals surface area contributed by atoms with Gasteiger partial charge >= 0.3 is 6.18 Å². The van der Waals surface area contributed by atoms with Crippen LogP contribution in [0.2, 0.25) is 0 Å². The molecule has 228 valence electrons. The molecule has 5 rings (SSSR count). The summed E-state index contributed by atoms with van der Waals surface area (Å²) in [6.07, 6.45) is -1.22. The largest absolute Gasteiger partial charge is 0.416 e. The van der Waals surface area contributed by atoms with Crippen LogP contribution in [0.15, 0.2) is 71.2 Å². The summed E-state index contributed by atoms with van der Waals surface area (Å²) in [5.74, 6) is -0.576. The Bertz CT molecular complexity index is 1670. The number of benzene rings is 2. The molecule has 1 aliphatic heterocycles. The van der Waals surface area contributed by atoms with E-state index in [1.54, 1.807) is 23.8 Å². The van der Waals surface area contributed by atoms with Gasteiger partial charge in [-0.25, -0.2) is 0 Å². The number of hydrogen-bond acceptors (Lipinski definition) is 8. The molecule has 10 nitrogen and oxygen atoms in total. The molecule has 4 N–H and O–H groups in total. The average Bonchev–Trinajstić information content (AvgIpc) is 3.49. The molecule has 2 aromatic carbocycles. The van der Waals surface area contributed by atoms with E-state index >= 15 is 0 Å². The van der Waals surface area contributed by atoms with E-state index in [-0.39, 0.29) is 17.3 Å². The second-order valence-corrected chi connectivity index (χ2v) is 10.7. The smallest absolute Gasteiger partial charge is 0.380 e. The van der Waals surface area contributed by atoms with Crippen LogP contribution in [-0.2, 0) is 17.5 Å². The Morgan fingerprint density at radius 1 is 1.09 bits per heavy atom. The summed E-state index contributed by atoms with van der Waals surface area (Å²) < 4.78 is 46.8. The predicted molar refractivity (Wildman–Crippen MR) is 165 cm³/mol. The fourth-order valence-corrected chi connectivity index (χ4v) is 5.44. The molecule has 4 aromatic rings. The van der Waals surface area contributed by atoms with E-state index in [0.29, 0.717) is 43.4 Å². The molecule has 1 fully saturated rings. The molecule has 0 spiro atoms. The molecule has 14 heteroatoms. The highest BCUT2D eigenvalue weighted by Gasteiger charge is 2.31. The lowest BCUT2D eigenvalue weighted by Crippen LogP contribution is -2.38. The van der Waals surface area contributed by atoms with Crippen LogP contribution in [-0.4, -0.2) is 61.1 Å². The average molecular weight is 623 g/mol. The fraction of sp³-hybridized carbons (Fsp3) is 0.267. The number of rotatable bonds is 9. The molecule has 2 aromatic heterocycles. The van der Waals surface area contributed by atoms with E-state index in [4.69, 9.17) is 10.00 Å². The topological polar surface area (TPSA) is 127 Å². The number of carbonyl (C=O) groups excluding carboxylic acids is 1. The molecular formula is C30H29F3N8O2S. The standard InChI is InChI=1S/C30H29F3N8O2S/c31-30(32,33)21-15-22(17-23(16-21)40-29(38-19-34)36-8-9-41-10-12-43-13-11-41)39-28(42)27-26(6-14-44-27)37-18-20-5-7-35-25-4-2-1-3-24(20)25/h1-7,14-17,37H,8-13,18H2,(H,39,42)(H2,36,38,40). The lowest BCUT2D eigenvalue weighted by atomic mass is 10.1. The zero-order valence-electron chi connectivity index (χ0n) is 23.4. The van der Waals surface area contributed by atoms with E-state index in [2.05, 4.69) is 36.1 Å². The fourth-order valence-electron chi connectivity index (χ4n) is 4.68. The summed E-state index contributed by atoms with van der Waals surface area (Å²) in [7, 11) is 0. The number of nitriles is 1. The minimum absolute atomic E-state index is 0.00269. The highest BCUT2D eigenvalue weighted by Crippen LogP contribution is 2.34. The maximum Gasteiger partial charge on any atom is 0.416 e. The highest BCUT2D eigenvalue weighted by atomic mass is 32.1. The number of fused-ring (bicyclic) bond motifs is 1. The van der Waals surface area contributed by atoms with Gasteiger partial charge in [0.1, 0.15) is 4.88 Å². The van der Waals surface area contributed by atoms with Crippen LogP contribution < -0.4 is 21.3 Å². The summed E-state index contributed by atoms with van der Waals surface area (Å²) >= 11 is 1.17. The molecule has 1 amide bonds. The van der Waals surface area contributed by atoms with Crippen molar-refractivity contribution in [3.63, 3.8) is 0 Å². The Morgan fingerprint density at radius 3 is 2.64 bits per heavy atom. The Morgan fingerprint density at radius 2 is 1.86 bits per heavy atom. The van der Waals surface area contributed by atoms with Crippen LogP contribution in [0, 0.1) is 11.5 Å². The first kappa shape index (κ1) is 30.7. The van der Waals surface area contributed by atoms with Gasteiger partial charge in [-0.1, -0.05) is 18.2 Å². The van der Waals surface area contributed by atoms with Crippen molar-refractivity contribution in [1.29, 1.82) is 5.26 Å². The molecule has 0 saturated carbocycles. The number of pyridine rings is 1. The van der Waals surface area contributed by atoms with Crippen molar-refractivity contribution in [2.24, 2.45) is 4.99 Å². The van der Waals surface area contributed by atoms with Gasteiger partial charge in [0.2, 0.25) is 5.96 Å². The third kappa shape index (κ3) is 8.01. The summed E-state index contributed by atoms with van der Waals surface area (Å²) in [6.45, 7) is 4.07. The summed E-state index contributed by atoms with van der Waals surface area (Å²) in [4.78, 5) is 24.4. The number of nitrogens with zero attached hydrogens (tertiary/aromatic N) is 4. The Labute approximate surface area is 255 Å². The van der Waals surface area contributed by atoms with Crippen molar-refractivity contribution in [3.05, 3.63) is 82.2 Å². The molecule has 0 bridgehead atoms. The lowest BCUT2D eigenvalue weighted by Gasteiger charge is -2.25. The number of thiophene rings is 1. The van der Waals surface area contributed by atoms with Crippen LogP contribution in [0.4, 0.5) is 30.2 Å². The van der Waals surface area contributed by atoms with Gasteiger partial charge in [-0.3, -0.25) is 25.0 Å². The molecule has 3 heterocycles. The number of carbonyl (C=O) groups is 1. The quantitative estimate of drug-likeness (QED) is 0.0852. The number of morpholine rings is 1. The van der Waals surface area contributed by atoms with Crippen molar-refractivity contribution in [1.82, 2.24) is 15.2 Å². The van der Waals surface area contributed by atoms with Gasteiger partial charge in [-0.15, -0.1) is 11.3 Å². The third-order valence-electron chi connectivity index (χ3n) is 6.83. The zero-order valence-corrected chi connectivity index (χ0v) is 24.3. The van der Waals surface area contributed by atoms with Gasteiger partial charge in [0.25, 0.3) is 5.91 Å². The summed E-state index contributed by atoms with van der Waals surface area (Å²) in [6, 6.07) is 14.4. The number of aromatic nitrogens is 1. The van der Waals surface area contributed by atoms with Gasteiger partial charge in [-0.2, -0.15) is 18.4 Å². The van der Waals surface area contributed by atoms with Gasteiger partial charge in [0.15, 0.2) is 6.19 Å². The second-order valence-electron chi connectivity index (χ2n) is 9.80. The Hall–Kier alpha value is -4.71. The van der Waals surface area contributed by atoms with Crippen molar-refractivity contribution in [2.75, 3.05) is 55.3 Å². The monoisotopic (exact) mass is 622 g/mol. The van der Waals surface area contributed by atoms with Crippen LogP contribution in [0.25, 0.3) is 10.9 Å². The van der Waals surface area contributed by atoms with E-state index in [0.717, 1.165) is 41.7 Å². The van der Waals surface area contributed by atoms with Gasteiger partial charge in [-0.05, 0) is 47.3 Å². The van der Waals surface area contributed by atoms with Crippen LogP contribution in [0.1, 0.15) is 20.8 Å². The van der Waals surface area contributed by atoms with Crippen LogP contribution in [0.5, 0.6) is 0 Å². The van der Waals surface area contributed by atoms with Gasteiger partial charge in [0, 0.05) is 49.1 Å². The number of para-hydroxylation sites is 1. The van der Waals surface area contributed by atoms with Crippen molar-refractivity contribution in [2.45, 2.75) is 12.7 Å². The van der Waals surface area contributed by atoms with Gasteiger partial charge < -0.3 is 20.7 Å². The number of guanidine groups is 1. The first-order valence-electron chi connectivity index (χ1n) is 13.7. The van der Waals surface area contributed by atoms with Crippen LogP contribution in [0.3, 0.4) is 0 Å². The number of hydrogen-bond donors (Lipinski definition) is 4. The predicted octanol–water partition coefficient (Wildman–Crippen LogP) is 5.35. The minimum atomic E-state index is -4.68. The number of aliphatic imine (C=N–C) groups is 1. The molecule has 0 atom stereocenters. The van der Waals surface area contributed by atoms with E-state index in [9.17, 15) is 18.0 Å². The normalized spacial score (nSPS) is 14.2. The van der Waals surface area contributed by atoms with Crippen LogP contribution >= 0.6 is 11.3 Å². The van der Waals surface area contributed by atoms with Crippen molar-refractivity contribution in [3.8, 4) is 6.19 Å². The number of halogens is 3. The number of nitrogens with one attached hydrogen (secondary N) is 4. The zero-order chi connectivity index (χ0) is 30.9. The van der Waals surface area contributed by atoms with E-state index in [1.807, 2.05) is 30.3 Å². The summed E-state index contributed by atoms with van der Waals surface area (Å²) in [5, 5.41) is 22.9. The number of anilines is 3. The molecule has 44 heavy (non-hydrogen) atoms. The summed E-state index contributed by atoms with van der Waals surface area (Å²) in [5.41, 5.74) is 1.33. The molecule has 0 aliphatic carbocycles. The van der Waals surface area contributed by atoms with Crippen molar-refractivity contribution < 1.29 is 22.7 Å². The molecule has 0 unspecified atom stereocenters. The molecule has 1 saturated heterocycles. The number of alkyl halides is 3. The Balaban J connectivity index is 1.30. The van der Waals surface area contributed by atoms with Gasteiger partial charge in [0.05, 0.1) is 36.5 Å². The molecule has 0 radical (unpaired) electrons. The number of amides is 1. The maximum atomic E-state index is 13.8. The molecular weight excluding hydrogens is 593 g/mol. The first-order valence-corrected chi connectivity index (χ1v) is 14.6. The molecule has 1 aliphatic rings. The maximum absolute atomic E-state index is 13.8. The number of ether oxygens (including phenoxy) is 1. The SMILES string of the molecule is N#CNC(=NCCN1CCOCC1)Nc1cc(NC(=O)c2sccc2NCc2ccnc3ccccc23)cc(C(F)(F)F)c1. The minimum Gasteiger partial charge on any atom is -0.380 e. The third-order valence-corrected chi connectivity index (χ3v) is 7.74. The lowest BCUT2D eigenvalue weighted by molar-refractivity contribution is -0.137. The van der Waals surface area contributed by atoms with E-state index < -0.39 is 17.6 Å². The Kier molecular flexibility index (Phi) is 9.90. The van der Waals surface area contributed by atoms with Crippen molar-refractivity contribution >= 4 is 51.2 Å². The first-order chi connectivity index (χ1) is 21.3. The van der Waals surface area contributed by atoms with E-state index in [1.165, 1.54) is 17.4 Å².